The molecule has 1 fully saturated rings. The number of hydrogen-bond acceptors (Lipinski definition) is 6. The molecule has 0 aliphatic carbocycles. The number of hydrogen-bond donors (Lipinski definition) is 3. The van der Waals surface area contributed by atoms with E-state index < -0.39 is 12.0 Å². The lowest BCUT2D eigenvalue weighted by atomic mass is 10.0. The van der Waals surface area contributed by atoms with Gasteiger partial charge >= 0.3 is 6.18 Å². The van der Waals surface area contributed by atoms with Crippen LogP contribution in [0.3, 0.4) is 0 Å². The predicted molar refractivity (Wildman–Crippen MR) is 111 cm³/mol. The van der Waals surface area contributed by atoms with Gasteiger partial charge in [-0.05, 0) is 48.7 Å². The largest absolute Gasteiger partial charge is 0.504 e. The number of aromatic nitrogens is 2. The van der Waals surface area contributed by atoms with Gasteiger partial charge in [0.2, 0.25) is 5.82 Å². The van der Waals surface area contributed by atoms with E-state index in [0.717, 1.165) is 18.7 Å². The fourth-order valence-corrected chi connectivity index (χ4v) is 3.86. The fourth-order valence-electron chi connectivity index (χ4n) is 3.69. The van der Waals surface area contributed by atoms with E-state index in [9.17, 15) is 23.4 Å². The molecule has 3 N–H and O–H groups in total. The first-order valence-electron chi connectivity index (χ1n) is 9.73. The van der Waals surface area contributed by atoms with Crippen molar-refractivity contribution < 1.29 is 23.4 Å². The summed E-state index contributed by atoms with van der Waals surface area (Å²) in [6.45, 7) is 2.04. The second-order valence-corrected chi connectivity index (χ2v) is 8.01. The van der Waals surface area contributed by atoms with E-state index in [0.29, 0.717) is 29.8 Å². The zero-order chi connectivity index (χ0) is 22.2. The van der Waals surface area contributed by atoms with Gasteiger partial charge in [-0.1, -0.05) is 17.7 Å². The third-order valence-corrected chi connectivity index (χ3v) is 5.52. The number of halogens is 4. The van der Waals surface area contributed by atoms with Crippen LogP contribution in [0.15, 0.2) is 36.4 Å². The predicted octanol–water partition coefficient (Wildman–Crippen LogP) is 4.79. The molecule has 31 heavy (non-hydrogen) atoms. The van der Waals surface area contributed by atoms with E-state index in [2.05, 4.69) is 20.2 Å². The van der Waals surface area contributed by atoms with Gasteiger partial charge in [-0.25, -0.2) is 9.97 Å². The van der Waals surface area contributed by atoms with Crippen LogP contribution in [-0.4, -0.2) is 44.2 Å². The summed E-state index contributed by atoms with van der Waals surface area (Å²) in [5.74, 6) is -1.39. The van der Waals surface area contributed by atoms with E-state index in [-0.39, 0.29) is 28.9 Å². The number of anilines is 1. The van der Waals surface area contributed by atoms with E-state index >= 15 is 0 Å². The molecule has 10 heteroatoms. The number of phenolic OH excluding ortho intramolecular Hbond substituents is 2. The second kappa shape index (κ2) is 8.39. The first kappa shape index (κ1) is 21.5. The van der Waals surface area contributed by atoms with Crippen molar-refractivity contribution in [2.75, 3.05) is 18.4 Å². The lowest BCUT2D eigenvalue weighted by molar-refractivity contribution is -0.144. The molecule has 2 aromatic carbocycles. The van der Waals surface area contributed by atoms with E-state index in [4.69, 9.17) is 11.6 Å². The number of phenols is 2. The van der Waals surface area contributed by atoms with Crippen LogP contribution in [0.25, 0.3) is 10.9 Å². The number of fused-ring (bicyclic) bond motifs is 1. The zero-order valence-electron chi connectivity index (χ0n) is 16.3. The summed E-state index contributed by atoms with van der Waals surface area (Å²) in [6, 6.07) is 9.18. The zero-order valence-corrected chi connectivity index (χ0v) is 17.1. The molecular formula is C21H20ClF3N4O2. The molecule has 6 nitrogen and oxygen atoms in total. The topological polar surface area (TPSA) is 81.5 Å². The molecule has 0 radical (unpaired) electrons. The van der Waals surface area contributed by atoms with Gasteiger partial charge in [0, 0.05) is 36.1 Å². The lowest BCUT2D eigenvalue weighted by Gasteiger charge is -2.33. The molecule has 0 unspecified atom stereocenters. The molecule has 1 aliphatic rings. The molecule has 4 rings (SSSR count). The minimum atomic E-state index is -4.65. The van der Waals surface area contributed by atoms with Crippen LogP contribution in [0.2, 0.25) is 5.02 Å². The van der Waals surface area contributed by atoms with E-state index in [1.54, 1.807) is 12.1 Å². The van der Waals surface area contributed by atoms with Crippen LogP contribution >= 0.6 is 11.6 Å². The minimum Gasteiger partial charge on any atom is -0.504 e. The Balaban J connectivity index is 1.47. The Morgan fingerprint density at radius 3 is 2.45 bits per heavy atom. The van der Waals surface area contributed by atoms with Gasteiger partial charge in [0.15, 0.2) is 11.5 Å². The molecule has 0 saturated carbocycles. The lowest BCUT2D eigenvalue weighted by Crippen LogP contribution is -2.39. The Hall–Kier alpha value is -2.78. The molecule has 0 amide bonds. The standard InChI is InChI=1S/C21H20ClF3N4O2/c22-13-2-3-16-15(10-13)19(28-20(27-16)21(23,24)25)26-14-5-7-29(8-6-14)11-12-1-4-17(30)18(31)9-12/h1-4,9-10,14,30-31H,5-8,11H2,(H,26,27,28). The average Bonchev–Trinajstić information content (AvgIpc) is 2.71. The van der Waals surface area contributed by atoms with Crippen LogP contribution in [0.1, 0.15) is 24.2 Å². The smallest absolute Gasteiger partial charge is 0.451 e. The molecule has 1 aromatic heterocycles. The SMILES string of the molecule is Oc1ccc(CN2CCC(Nc3nc(C(F)(F)F)nc4ccc(Cl)cc34)CC2)cc1O. The van der Waals surface area contributed by atoms with Crippen molar-refractivity contribution >= 4 is 28.3 Å². The molecule has 3 aromatic rings. The molecule has 0 bridgehead atoms. The van der Waals surface area contributed by atoms with Gasteiger partial charge in [0.05, 0.1) is 5.52 Å². The van der Waals surface area contributed by atoms with Crippen molar-refractivity contribution in [2.24, 2.45) is 0 Å². The van der Waals surface area contributed by atoms with Crippen LogP contribution in [0.4, 0.5) is 19.0 Å². The van der Waals surface area contributed by atoms with Crippen LogP contribution < -0.4 is 5.32 Å². The summed E-state index contributed by atoms with van der Waals surface area (Å²) in [6.07, 6.45) is -3.24. The summed E-state index contributed by atoms with van der Waals surface area (Å²) in [5.41, 5.74) is 1.05. The van der Waals surface area contributed by atoms with Gasteiger partial charge in [-0.15, -0.1) is 0 Å². The number of nitrogens with one attached hydrogen (secondary N) is 1. The number of alkyl halides is 3. The maximum Gasteiger partial charge on any atom is 0.451 e. The Bertz CT molecular complexity index is 1100. The van der Waals surface area contributed by atoms with Crippen molar-refractivity contribution in [1.29, 1.82) is 0 Å². The monoisotopic (exact) mass is 452 g/mol. The summed E-state index contributed by atoms with van der Waals surface area (Å²) >= 11 is 6.03. The highest BCUT2D eigenvalue weighted by Crippen LogP contribution is 2.32. The van der Waals surface area contributed by atoms with Gasteiger partial charge in [0.1, 0.15) is 5.82 Å². The number of benzene rings is 2. The van der Waals surface area contributed by atoms with E-state index in [1.165, 1.54) is 24.3 Å². The maximum atomic E-state index is 13.2. The summed E-state index contributed by atoms with van der Waals surface area (Å²) in [7, 11) is 0. The maximum absolute atomic E-state index is 13.2. The highest BCUT2D eigenvalue weighted by atomic mass is 35.5. The van der Waals surface area contributed by atoms with Crippen molar-refractivity contribution in [1.82, 2.24) is 14.9 Å². The van der Waals surface area contributed by atoms with Crippen molar-refractivity contribution in [3.05, 3.63) is 52.8 Å². The average molecular weight is 453 g/mol. The Labute approximate surface area is 181 Å². The molecule has 1 saturated heterocycles. The summed E-state index contributed by atoms with van der Waals surface area (Å²) in [4.78, 5) is 9.55. The summed E-state index contributed by atoms with van der Waals surface area (Å²) < 4.78 is 39.7. The van der Waals surface area contributed by atoms with Gasteiger partial charge in [-0.3, -0.25) is 4.90 Å². The van der Waals surface area contributed by atoms with Crippen LogP contribution in [-0.2, 0) is 12.7 Å². The Morgan fingerprint density at radius 1 is 1.03 bits per heavy atom. The van der Waals surface area contributed by atoms with E-state index in [1.807, 2.05) is 0 Å². The van der Waals surface area contributed by atoms with Crippen LogP contribution in [0.5, 0.6) is 11.5 Å². The first-order chi connectivity index (χ1) is 14.7. The third kappa shape index (κ3) is 4.94. The number of rotatable bonds is 4. The van der Waals surface area contributed by atoms with Crippen LogP contribution in [0, 0.1) is 0 Å². The van der Waals surface area contributed by atoms with Gasteiger partial charge in [0.25, 0.3) is 0 Å². The van der Waals surface area contributed by atoms with Crippen molar-refractivity contribution in [2.45, 2.75) is 31.6 Å². The number of aromatic hydroxyl groups is 2. The normalized spacial score (nSPS) is 16.0. The molecule has 0 atom stereocenters. The van der Waals surface area contributed by atoms with Gasteiger partial charge < -0.3 is 15.5 Å². The first-order valence-corrected chi connectivity index (χ1v) is 10.1. The number of piperidine rings is 1. The molecule has 0 spiro atoms. The fraction of sp³-hybridized carbons (Fsp3) is 0.333. The number of nitrogens with zero attached hydrogens (tertiary/aromatic N) is 3. The highest BCUT2D eigenvalue weighted by molar-refractivity contribution is 6.31. The Kier molecular flexibility index (Phi) is 5.81. The van der Waals surface area contributed by atoms with Crippen molar-refractivity contribution in [3.8, 4) is 11.5 Å². The third-order valence-electron chi connectivity index (χ3n) is 5.29. The Morgan fingerprint density at radius 2 is 1.77 bits per heavy atom. The quantitative estimate of drug-likeness (QED) is 0.494. The molecular weight excluding hydrogens is 433 g/mol. The molecule has 2 heterocycles. The number of likely N-dealkylation sites (tertiary alicyclic amines) is 1. The second-order valence-electron chi connectivity index (χ2n) is 7.57. The molecule has 1 aliphatic heterocycles. The molecule has 164 valence electrons. The van der Waals surface area contributed by atoms with Crippen molar-refractivity contribution in [3.63, 3.8) is 0 Å². The minimum absolute atomic E-state index is 0.0531. The summed E-state index contributed by atoms with van der Waals surface area (Å²) in [5, 5.41) is 23.1. The highest BCUT2D eigenvalue weighted by Gasteiger charge is 2.36. The van der Waals surface area contributed by atoms with Gasteiger partial charge in [-0.2, -0.15) is 13.2 Å².